The first-order valence-electron chi connectivity index (χ1n) is 9.31. The molecular weight excluding hydrogens is 402 g/mol. The highest BCUT2D eigenvalue weighted by atomic mass is 32.2. The Morgan fingerprint density at radius 3 is 2.61 bits per heavy atom. The standard InChI is InChI=1S/C17H23N5O4S2/c1-12-19-16(26-20-12)13-2-4-21(5-3-13)17(23)15-10-14(11-18-15)28(24,25)22-6-8-27-9-7-22/h10-11,13,18H,2-9H2,1H3. The van der Waals surface area contributed by atoms with Gasteiger partial charge in [0.1, 0.15) is 10.6 Å². The third-order valence-electron chi connectivity index (χ3n) is 5.17. The lowest BCUT2D eigenvalue weighted by molar-refractivity contribution is 0.0699. The van der Waals surface area contributed by atoms with Gasteiger partial charge in [-0.1, -0.05) is 5.16 Å². The number of aromatic amines is 1. The lowest BCUT2D eigenvalue weighted by atomic mass is 9.96. The number of sulfonamides is 1. The van der Waals surface area contributed by atoms with E-state index < -0.39 is 10.0 Å². The lowest BCUT2D eigenvalue weighted by Crippen LogP contribution is -2.38. The number of hydrogen-bond donors (Lipinski definition) is 1. The topological polar surface area (TPSA) is 112 Å². The van der Waals surface area contributed by atoms with Crippen molar-refractivity contribution in [2.24, 2.45) is 0 Å². The van der Waals surface area contributed by atoms with Gasteiger partial charge in [0.25, 0.3) is 5.91 Å². The molecule has 1 N–H and O–H groups in total. The Labute approximate surface area is 167 Å². The van der Waals surface area contributed by atoms with Crippen LogP contribution in [0, 0.1) is 6.92 Å². The van der Waals surface area contributed by atoms with Crippen LogP contribution < -0.4 is 0 Å². The minimum Gasteiger partial charge on any atom is -0.356 e. The van der Waals surface area contributed by atoms with E-state index in [0.717, 1.165) is 24.3 Å². The molecule has 28 heavy (non-hydrogen) atoms. The van der Waals surface area contributed by atoms with Gasteiger partial charge in [-0.15, -0.1) is 0 Å². The van der Waals surface area contributed by atoms with Gasteiger partial charge >= 0.3 is 0 Å². The van der Waals surface area contributed by atoms with E-state index in [2.05, 4.69) is 15.1 Å². The Morgan fingerprint density at radius 2 is 1.96 bits per heavy atom. The predicted octanol–water partition coefficient (Wildman–Crippen LogP) is 1.46. The molecule has 4 rings (SSSR count). The molecule has 0 unspecified atom stereocenters. The SMILES string of the molecule is Cc1noc(C2CCN(C(=O)c3cc(S(=O)(=O)N4CCSCC4)c[nH]3)CC2)n1. The van der Waals surface area contributed by atoms with Gasteiger partial charge in [-0.2, -0.15) is 21.1 Å². The van der Waals surface area contributed by atoms with Crippen LogP contribution in [0.1, 0.15) is 41.0 Å². The van der Waals surface area contributed by atoms with Crippen LogP contribution in [0.5, 0.6) is 0 Å². The van der Waals surface area contributed by atoms with Crippen LogP contribution in [0.25, 0.3) is 0 Å². The number of likely N-dealkylation sites (tertiary alicyclic amines) is 1. The molecule has 2 aliphatic rings. The van der Waals surface area contributed by atoms with Gasteiger partial charge < -0.3 is 14.4 Å². The maximum Gasteiger partial charge on any atom is 0.270 e. The summed E-state index contributed by atoms with van der Waals surface area (Å²) in [4.78, 5) is 21.8. The number of nitrogens with zero attached hydrogens (tertiary/aromatic N) is 4. The van der Waals surface area contributed by atoms with Crippen LogP contribution in [0.15, 0.2) is 21.7 Å². The number of amides is 1. The average molecular weight is 426 g/mol. The summed E-state index contributed by atoms with van der Waals surface area (Å²) in [6.45, 7) is 3.92. The van der Waals surface area contributed by atoms with Crippen molar-refractivity contribution >= 4 is 27.7 Å². The van der Waals surface area contributed by atoms with Gasteiger partial charge in [0.15, 0.2) is 5.82 Å². The molecule has 2 aromatic heterocycles. The van der Waals surface area contributed by atoms with Crippen LogP contribution >= 0.6 is 11.8 Å². The normalized spacial score (nSPS) is 19.8. The summed E-state index contributed by atoms with van der Waals surface area (Å²) in [5, 5.41) is 3.82. The molecule has 2 saturated heterocycles. The maximum absolute atomic E-state index is 12.8. The molecule has 0 aromatic carbocycles. The van der Waals surface area contributed by atoms with Crippen LogP contribution in [-0.4, -0.2) is 76.3 Å². The minimum atomic E-state index is -3.56. The molecule has 2 aliphatic heterocycles. The average Bonchev–Trinajstić information content (AvgIpc) is 3.38. The predicted molar refractivity (Wildman–Crippen MR) is 104 cm³/mol. The monoisotopic (exact) mass is 425 g/mol. The molecule has 0 radical (unpaired) electrons. The summed E-state index contributed by atoms with van der Waals surface area (Å²) in [6, 6.07) is 1.45. The minimum absolute atomic E-state index is 0.152. The highest BCUT2D eigenvalue weighted by Crippen LogP contribution is 2.28. The van der Waals surface area contributed by atoms with E-state index >= 15 is 0 Å². The lowest BCUT2D eigenvalue weighted by Gasteiger charge is -2.30. The zero-order chi connectivity index (χ0) is 19.7. The molecule has 0 saturated carbocycles. The zero-order valence-corrected chi connectivity index (χ0v) is 17.3. The van der Waals surface area contributed by atoms with Crippen molar-refractivity contribution in [3.8, 4) is 0 Å². The quantitative estimate of drug-likeness (QED) is 0.789. The summed E-state index contributed by atoms with van der Waals surface area (Å²) in [5.74, 6) is 2.80. The van der Waals surface area contributed by atoms with Gasteiger partial charge in [-0.05, 0) is 25.8 Å². The van der Waals surface area contributed by atoms with Crippen molar-refractivity contribution in [1.82, 2.24) is 24.3 Å². The van der Waals surface area contributed by atoms with Crippen LogP contribution in [0.3, 0.4) is 0 Å². The van der Waals surface area contributed by atoms with E-state index in [1.54, 1.807) is 23.6 Å². The molecule has 4 heterocycles. The summed E-state index contributed by atoms with van der Waals surface area (Å²) < 4.78 is 32.2. The molecule has 1 amide bonds. The maximum atomic E-state index is 12.8. The van der Waals surface area contributed by atoms with E-state index in [0.29, 0.717) is 43.6 Å². The van der Waals surface area contributed by atoms with E-state index in [-0.39, 0.29) is 16.7 Å². The number of thioether (sulfide) groups is 1. The van der Waals surface area contributed by atoms with Crippen molar-refractivity contribution in [3.63, 3.8) is 0 Å². The summed E-state index contributed by atoms with van der Waals surface area (Å²) in [6.07, 6.45) is 2.90. The van der Waals surface area contributed by atoms with Crippen LogP contribution in [0.2, 0.25) is 0 Å². The van der Waals surface area contributed by atoms with Gasteiger partial charge in [0.05, 0.1) is 0 Å². The largest absolute Gasteiger partial charge is 0.356 e. The summed E-state index contributed by atoms with van der Waals surface area (Å²) >= 11 is 1.75. The van der Waals surface area contributed by atoms with E-state index in [1.807, 2.05) is 0 Å². The number of H-pyrrole nitrogens is 1. The van der Waals surface area contributed by atoms with Gasteiger partial charge in [-0.25, -0.2) is 8.42 Å². The highest BCUT2D eigenvalue weighted by molar-refractivity contribution is 7.99. The molecule has 0 spiro atoms. The molecular formula is C17H23N5O4S2. The Balaban J connectivity index is 1.41. The number of hydrogen-bond acceptors (Lipinski definition) is 7. The Morgan fingerprint density at radius 1 is 1.25 bits per heavy atom. The molecule has 11 heteroatoms. The molecule has 9 nitrogen and oxygen atoms in total. The summed E-state index contributed by atoms with van der Waals surface area (Å²) in [5.41, 5.74) is 0.303. The number of aromatic nitrogens is 3. The van der Waals surface area contributed by atoms with Crippen LogP contribution in [-0.2, 0) is 10.0 Å². The fourth-order valence-corrected chi connectivity index (χ4v) is 6.13. The first-order valence-corrected chi connectivity index (χ1v) is 11.9. The highest BCUT2D eigenvalue weighted by Gasteiger charge is 2.31. The van der Waals surface area contributed by atoms with Crippen molar-refractivity contribution in [3.05, 3.63) is 29.7 Å². The van der Waals surface area contributed by atoms with Crippen molar-refractivity contribution in [2.45, 2.75) is 30.6 Å². The summed E-state index contributed by atoms with van der Waals surface area (Å²) in [7, 11) is -3.56. The second kappa shape index (κ2) is 7.88. The van der Waals surface area contributed by atoms with Gasteiger partial charge in [-0.3, -0.25) is 4.79 Å². The second-order valence-corrected chi connectivity index (χ2v) is 10.2. The number of rotatable bonds is 4. The van der Waals surface area contributed by atoms with Crippen molar-refractivity contribution in [2.75, 3.05) is 37.7 Å². The Kier molecular flexibility index (Phi) is 5.48. The Bertz CT molecular complexity index is 940. The van der Waals surface area contributed by atoms with E-state index in [1.165, 1.54) is 16.6 Å². The first-order chi connectivity index (χ1) is 13.4. The third-order valence-corrected chi connectivity index (χ3v) is 7.99. The number of piperidine rings is 1. The second-order valence-electron chi connectivity index (χ2n) is 7.01. The molecule has 0 atom stereocenters. The number of carbonyl (C=O) groups is 1. The fraction of sp³-hybridized carbons (Fsp3) is 0.588. The first kappa shape index (κ1) is 19.5. The van der Waals surface area contributed by atoms with E-state index in [9.17, 15) is 13.2 Å². The third kappa shape index (κ3) is 3.83. The van der Waals surface area contributed by atoms with Crippen LogP contribution in [0.4, 0.5) is 0 Å². The van der Waals surface area contributed by atoms with E-state index in [4.69, 9.17) is 4.52 Å². The molecule has 2 aromatic rings. The number of carbonyl (C=O) groups excluding carboxylic acids is 1. The molecule has 0 bridgehead atoms. The number of aryl methyl sites for hydroxylation is 1. The molecule has 0 aliphatic carbocycles. The van der Waals surface area contributed by atoms with Gasteiger partial charge in [0.2, 0.25) is 15.9 Å². The zero-order valence-electron chi connectivity index (χ0n) is 15.6. The van der Waals surface area contributed by atoms with Crippen molar-refractivity contribution < 1.29 is 17.7 Å². The Hall–Kier alpha value is -1.85. The molecule has 2 fully saturated rings. The molecule has 152 valence electrons. The van der Waals surface area contributed by atoms with Gasteiger partial charge in [0, 0.05) is 49.8 Å². The number of nitrogens with one attached hydrogen (secondary N) is 1. The smallest absolute Gasteiger partial charge is 0.270 e. The van der Waals surface area contributed by atoms with Crippen molar-refractivity contribution in [1.29, 1.82) is 0 Å². The fourth-order valence-electron chi connectivity index (χ4n) is 3.56.